The van der Waals surface area contributed by atoms with Gasteiger partial charge in [-0.1, -0.05) is 0 Å². The Hall–Kier alpha value is -0.530. The number of rotatable bonds is 10. The second-order valence-electron chi connectivity index (χ2n) is 4.38. The van der Waals surface area contributed by atoms with Gasteiger partial charge in [-0.3, -0.25) is 11.1 Å². The SMILES string of the molecule is CCO[C](N)NCCSCc1ccc(CN(C)C)o1. The van der Waals surface area contributed by atoms with Crippen molar-refractivity contribution in [1.29, 1.82) is 0 Å². The van der Waals surface area contributed by atoms with Crippen molar-refractivity contribution in [1.82, 2.24) is 10.2 Å². The summed E-state index contributed by atoms with van der Waals surface area (Å²) in [6, 6.07) is 4.08. The molecule has 0 saturated heterocycles. The molecule has 19 heavy (non-hydrogen) atoms. The zero-order chi connectivity index (χ0) is 14.1. The van der Waals surface area contributed by atoms with Crippen LogP contribution in [0.3, 0.4) is 0 Å². The smallest absolute Gasteiger partial charge is 0.231 e. The van der Waals surface area contributed by atoms with Crippen LogP contribution in [0.5, 0.6) is 0 Å². The number of nitrogens with two attached hydrogens (primary N) is 1. The van der Waals surface area contributed by atoms with Crippen molar-refractivity contribution in [2.75, 3.05) is 33.0 Å². The number of hydrogen-bond acceptors (Lipinski definition) is 6. The first-order valence-electron chi connectivity index (χ1n) is 6.41. The lowest BCUT2D eigenvalue weighted by Gasteiger charge is -2.10. The lowest BCUT2D eigenvalue weighted by molar-refractivity contribution is 0.134. The van der Waals surface area contributed by atoms with Crippen LogP contribution in [0, 0.1) is 6.35 Å². The van der Waals surface area contributed by atoms with Gasteiger partial charge in [-0.15, -0.1) is 0 Å². The fourth-order valence-corrected chi connectivity index (χ4v) is 2.27. The van der Waals surface area contributed by atoms with Crippen LogP contribution in [-0.4, -0.2) is 37.9 Å². The minimum Gasteiger partial charge on any atom is -0.464 e. The largest absolute Gasteiger partial charge is 0.464 e. The highest BCUT2D eigenvalue weighted by molar-refractivity contribution is 7.98. The maximum Gasteiger partial charge on any atom is 0.231 e. The number of ether oxygens (including phenoxy) is 1. The van der Waals surface area contributed by atoms with Gasteiger partial charge in [0.15, 0.2) is 0 Å². The monoisotopic (exact) mass is 286 g/mol. The summed E-state index contributed by atoms with van der Waals surface area (Å²) in [4.78, 5) is 2.09. The molecule has 0 aliphatic heterocycles. The van der Waals surface area contributed by atoms with Crippen LogP contribution in [0.25, 0.3) is 0 Å². The Labute approximate surface area is 119 Å². The molecular weight excluding hydrogens is 262 g/mol. The van der Waals surface area contributed by atoms with E-state index in [-0.39, 0.29) is 0 Å². The Morgan fingerprint density at radius 3 is 2.84 bits per heavy atom. The number of thioether (sulfide) groups is 1. The quantitative estimate of drug-likeness (QED) is 0.637. The third-order valence-corrected chi connectivity index (χ3v) is 3.26. The Morgan fingerprint density at radius 2 is 2.16 bits per heavy atom. The summed E-state index contributed by atoms with van der Waals surface area (Å²) in [5, 5.41) is 3.02. The molecule has 1 aromatic heterocycles. The zero-order valence-electron chi connectivity index (χ0n) is 11.9. The van der Waals surface area contributed by atoms with Gasteiger partial charge in [0.1, 0.15) is 11.5 Å². The van der Waals surface area contributed by atoms with Gasteiger partial charge in [0.05, 0.1) is 12.3 Å². The minimum atomic E-state index is 0.398. The fraction of sp³-hybridized carbons (Fsp3) is 0.615. The molecule has 109 valence electrons. The lowest BCUT2D eigenvalue weighted by atomic mass is 10.4. The van der Waals surface area contributed by atoms with E-state index in [9.17, 15) is 0 Å². The van der Waals surface area contributed by atoms with E-state index in [2.05, 4.69) is 10.2 Å². The van der Waals surface area contributed by atoms with E-state index in [4.69, 9.17) is 14.9 Å². The molecule has 3 N–H and O–H groups in total. The molecule has 0 aromatic carbocycles. The molecule has 5 nitrogen and oxygen atoms in total. The van der Waals surface area contributed by atoms with Crippen LogP contribution in [0.4, 0.5) is 0 Å². The molecule has 0 bridgehead atoms. The van der Waals surface area contributed by atoms with Gasteiger partial charge < -0.3 is 14.1 Å². The van der Waals surface area contributed by atoms with Gasteiger partial charge in [0.25, 0.3) is 0 Å². The van der Waals surface area contributed by atoms with E-state index in [0.29, 0.717) is 13.0 Å². The van der Waals surface area contributed by atoms with Gasteiger partial charge in [-0.2, -0.15) is 11.8 Å². The van der Waals surface area contributed by atoms with Crippen LogP contribution in [0.15, 0.2) is 16.5 Å². The van der Waals surface area contributed by atoms with Crippen LogP contribution in [0.2, 0.25) is 0 Å². The summed E-state index contributed by atoms with van der Waals surface area (Å²) in [5.74, 6) is 3.86. The van der Waals surface area contributed by atoms with Gasteiger partial charge in [0.2, 0.25) is 6.35 Å². The fourth-order valence-electron chi connectivity index (χ4n) is 1.52. The summed E-state index contributed by atoms with van der Waals surface area (Å²) in [6.07, 6.45) is 0.398. The van der Waals surface area contributed by atoms with Crippen molar-refractivity contribution in [3.05, 3.63) is 30.0 Å². The third-order valence-electron chi connectivity index (χ3n) is 2.28. The van der Waals surface area contributed by atoms with E-state index in [1.54, 1.807) is 11.8 Å². The lowest BCUT2D eigenvalue weighted by Crippen LogP contribution is -2.32. The van der Waals surface area contributed by atoms with Crippen LogP contribution < -0.4 is 11.1 Å². The maximum absolute atomic E-state index is 5.72. The number of hydrogen-bond donors (Lipinski definition) is 2. The predicted molar refractivity (Wildman–Crippen MR) is 79.3 cm³/mol. The molecule has 0 amide bonds. The maximum atomic E-state index is 5.72. The van der Waals surface area contributed by atoms with Crippen molar-refractivity contribution in [2.45, 2.75) is 19.2 Å². The van der Waals surface area contributed by atoms with E-state index in [1.165, 1.54) is 0 Å². The average Bonchev–Trinajstić information content (AvgIpc) is 2.75. The van der Waals surface area contributed by atoms with E-state index >= 15 is 0 Å². The molecule has 0 atom stereocenters. The standard InChI is InChI=1S/C13H24N3O2S/c1-4-17-13(14)15-7-8-19-10-12-6-5-11(18-12)9-16(2)3/h5-6,15H,4,7-10,14H2,1-3H3. The molecule has 1 heterocycles. The van der Waals surface area contributed by atoms with Crippen LogP contribution in [0.1, 0.15) is 18.4 Å². The molecule has 0 aliphatic rings. The van der Waals surface area contributed by atoms with E-state index < -0.39 is 0 Å². The first-order valence-corrected chi connectivity index (χ1v) is 7.56. The van der Waals surface area contributed by atoms with Crippen molar-refractivity contribution in [2.24, 2.45) is 5.73 Å². The van der Waals surface area contributed by atoms with E-state index in [1.807, 2.05) is 33.2 Å². The summed E-state index contributed by atoms with van der Waals surface area (Å²) < 4.78 is 10.8. The summed E-state index contributed by atoms with van der Waals surface area (Å²) >= 11 is 1.80. The molecule has 0 saturated carbocycles. The molecule has 6 heteroatoms. The van der Waals surface area contributed by atoms with Gasteiger partial charge in [-0.25, -0.2) is 0 Å². The highest BCUT2D eigenvalue weighted by atomic mass is 32.2. The second-order valence-corrected chi connectivity index (χ2v) is 5.49. The first-order chi connectivity index (χ1) is 9.11. The van der Waals surface area contributed by atoms with Gasteiger partial charge >= 0.3 is 0 Å². The van der Waals surface area contributed by atoms with Crippen molar-refractivity contribution < 1.29 is 9.15 Å². The predicted octanol–water partition coefficient (Wildman–Crippen LogP) is 1.61. The Bertz CT molecular complexity index is 344. The zero-order valence-corrected chi connectivity index (χ0v) is 12.8. The molecule has 0 unspecified atom stereocenters. The Morgan fingerprint density at radius 1 is 1.42 bits per heavy atom. The Kier molecular flexibility index (Phi) is 8.16. The van der Waals surface area contributed by atoms with Crippen LogP contribution in [-0.2, 0) is 17.0 Å². The van der Waals surface area contributed by atoms with Crippen molar-refractivity contribution in [3.63, 3.8) is 0 Å². The van der Waals surface area contributed by atoms with E-state index in [0.717, 1.165) is 36.1 Å². The number of nitrogens with one attached hydrogen (secondary N) is 1. The highest BCUT2D eigenvalue weighted by Crippen LogP contribution is 2.15. The number of furan rings is 1. The molecule has 1 rings (SSSR count). The molecule has 1 aromatic rings. The van der Waals surface area contributed by atoms with Gasteiger partial charge in [0, 0.05) is 18.9 Å². The second kappa shape index (κ2) is 9.39. The normalized spacial score (nSPS) is 11.7. The summed E-state index contributed by atoms with van der Waals surface area (Å²) in [6.45, 7) is 4.13. The highest BCUT2D eigenvalue weighted by Gasteiger charge is 2.04. The van der Waals surface area contributed by atoms with Crippen molar-refractivity contribution in [3.8, 4) is 0 Å². The number of nitrogens with zero attached hydrogens (tertiary/aromatic N) is 1. The van der Waals surface area contributed by atoms with Crippen molar-refractivity contribution >= 4 is 11.8 Å². The average molecular weight is 286 g/mol. The topological polar surface area (TPSA) is 63.7 Å². The molecular formula is C13H24N3O2S. The molecule has 1 radical (unpaired) electrons. The summed E-state index contributed by atoms with van der Waals surface area (Å²) in [7, 11) is 4.06. The molecule has 0 aliphatic carbocycles. The third kappa shape index (κ3) is 7.59. The van der Waals surface area contributed by atoms with Gasteiger partial charge in [-0.05, 0) is 33.2 Å². The Balaban J connectivity index is 2.10. The first kappa shape index (κ1) is 16.5. The molecule has 0 fully saturated rings. The summed E-state index contributed by atoms with van der Waals surface area (Å²) in [5.41, 5.74) is 5.58. The minimum absolute atomic E-state index is 0.398. The molecule has 0 spiro atoms. The van der Waals surface area contributed by atoms with Crippen LogP contribution >= 0.6 is 11.8 Å².